The zero-order chi connectivity index (χ0) is 13.1. The first kappa shape index (κ1) is 13.8. The van der Waals surface area contributed by atoms with Gasteiger partial charge < -0.3 is 5.73 Å². The third-order valence-corrected chi connectivity index (χ3v) is 4.08. The van der Waals surface area contributed by atoms with Crippen LogP contribution in [0.4, 0.5) is 5.69 Å². The van der Waals surface area contributed by atoms with Crippen molar-refractivity contribution < 1.29 is 8.42 Å². The van der Waals surface area contributed by atoms with Crippen LogP contribution in [0.2, 0.25) is 5.02 Å². The fourth-order valence-electron chi connectivity index (χ4n) is 1.29. The lowest BCUT2D eigenvalue weighted by molar-refractivity contribution is 0.582. The van der Waals surface area contributed by atoms with Crippen molar-refractivity contribution in [1.82, 2.24) is 4.72 Å². The molecule has 1 aromatic carbocycles. The second-order valence-corrected chi connectivity index (χ2v) is 5.63. The summed E-state index contributed by atoms with van der Waals surface area (Å²) in [6.45, 7) is 1.85. The van der Waals surface area contributed by atoms with Crippen LogP contribution < -0.4 is 10.5 Å². The Bertz CT molecular complexity index is 562. The van der Waals surface area contributed by atoms with Gasteiger partial charge in [0.1, 0.15) is 0 Å². The van der Waals surface area contributed by atoms with Crippen molar-refractivity contribution in [1.29, 1.82) is 0 Å². The van der Waals surface area contributed by atoms with Crippen LogP contribution in [0, 0.1) is 19.3 Å². The van der Waals surface area contributed by atoms with Crippen LogP contribution in [0.5, 0.6) is 0 Å². The molecule has 0 spiro atoms. The lowest BCUT2D eigenvalue weighted by Gasteiger charge is -2.10. The number of nitrogens with two attached hydrogens (primary N) is 1. The van der Waals surface area contributed by atoms with Crippen molar-refractivity contribution in [3.05, 3.63) is 22.7 Å². The van der Waals surface area contributed by atoms with Crippen LogP contribution in [-0.2, 0) is 10.0 Å². The van der Waals surface area contributed by atoms with Gasteiger partial charge in [0.05, 0.1) is 15.6 Å². The van der Waals surface area contributed by atoms with Gasteiger partial charge in [-0.05, 0) is 24.6 Å². The molecule has 0 saturated heterocycles. The van der Waals surface area contributed by atoms with E-state index >= 15 is 0 Å². The number of nitrogens with one attached hydrogen (secondary N) is 1. The average Bonchev–Trinajstić information content (AvgIpc) is 2.23. The molecule has 0 heterocycles. The third-order valence-electron chi connectivity index (χ3n) is 2.15. The lowest BCUT2D eigenvalue weighted by Crippen LogP contribution is -2.25. The minimum Gasteiger partial charge on any atom is -0.397 e. The Morgan fingerprint density at radius 1 is 1.53 bits per heavy atom. The highest BCUT2D eigenvalue weighted by Gasteiger charge is 2.17. The highest BCUT2D eigenvalue weighted by Crippen LogP contribution is 2.25. The predicted molar refractivity (Wildman–Crippen MR) is 69.2 cm³/mol. The summed E-state index contributed by atoms with van der Waals surface area (Å²) in [6.07, 6.45) is 5.38. The minimum absolute atomic E-state index is 0.122. The molecular formula is C11H13ClN2O2S. The number of halogens is 1. The van der Waals surface area contributed by atoms with Crippen molar-refractivity contribution in [2.75, 3.05) is 12.3 Å². The standard InChI is InChI=1S/C11H13ClN2O2S/c1-3-4-5-14-17(15,16)11-7-10(13)9(12)6-8(11)2/h1,6-7,14H,4-5,13H2,2H3. The van der Waals surface area contributed by atoms with Crippen LogP contribution >= 0.6 is 11.6 Å². The number of hydrogen-bond donors (Lipinski definition) is 2. The molecule has 0 unspecified atom stereocenters. The van der Waals surface area contributed by atoms with Crippen LogP contribution in [0.1, 0.15) is 12.0 Å². The van der Waals surface area contributed by atoms with Gasteiger partial charge in [-0.25, -0.2) is 13.1 Å². The van der Waals surface area contributed by atoms with Gasteiger partial charge in [-0.1, -0.05) is 11.6 Å². The average molecular weight is 273 g/mol. The summed E-state index contributed by atoms with van der Waals surface area (Å²) in [6, 6.07) is 2.86. The Hall–Kier alpha value is -1.22. The highest BCUT2D eigenvalue weighted by molar-refractivity contribution is 7.89. The number of sulfonamides is 1. The molecule has 0 radical (unpaired) electrons. The first-order valence-corrected chi connectivity index (χ1v) is 6.73. The summed E-state index contributed by atoms with van der Waals surface area (Å²) in [7, 11) is -3.59. The molecule has 3 N–H and O–H groups in total. The second kappa shape index (κ2) is 5.41. The fraction of sp³-hybridized carbons (Fsp3) is 0.273. The zero-order valence-electron chi connectivity index (χ0n) is 9.33. The van der Waals surface area contributed by atoms with Crippen molar-refractivity contribution in [2.45, 2.75) is 18.2 Å². The van der Waals surface area contributed by atoms with E-state index in [4.69, 9.17) is 23.8 Å². The summed E-state index contributed by atoms with van der Waals surface area (Å²) >= 11 is 5.80. The topological polar surface area (TPSA) is 72.2 Å². The molecule has 0 aliphatic carbocycles. The maximum Gasteiger partial charge on any atom is 0.240 e. The van der Waals surface area contributed by atoms with E-state index in [9.17, 15) is 8.42 Å². The van der Waals surface area contributed by atoms with E-state index in [1.54, 1.807) is 6.92 Å². The van der Waals surface area contributed by atoms with Crippen molar-refractivity contribution >= 4 is 27.3 Å². The first-order valence-electron chi connectivity index (χ1n) is 4.87. The molecule has 17 heavy (non-hydrogen) atoms. The monoisotopic (exact) mass is 272 g/mol. The Morgan fingerprint density at radius 2 is 2.18 bits per heavy atom. The molecule has 1 aromatic rings. The van der Waals surface area contributed by atoms with Crippen LogP contribution in [-0.4, -0.2) is 15.0 Å². The second-order valence-electron chi connectivity index (χ2n) is 3.49. The van der Waals surface area contributed by atoms with Crippen LogP contribution in [0.15, 0.2) is 17.0 Å². The Kier molecular flexibility index (Phi) is 4.40. The zero-order valence-corrected chi connectivity index (χ0v) is 10.9. The third kappa shape index (κ3) is 3.37. The maximum absolute atomic E-state index is 11.9. The van der Waals surface area contributed by atoms with Gasteiger partial charge in [0.25, 0.3) is 0 Å². The molecule has 0 saturated carbocycles. The summed E-state index contributed by atoms with van der Waals surface area (Å²) in [5.74, 6) is 2.35. The number of anilines is 1. The van der Waals surface area contributed by atoms with Gasteiger partial charge in [-0.3, -0.25) is 0 Å². The summed E-state index contributed by atoms with van der Waals surface area (Å²) < 4.78 is 26.2. The molecule has 0 fully saturated rings. The number of aryl methyl sites for hydroxylation is 1. The van der Waals surface area contributed by atoms with Crippen LogP contribution in [0.25, 0.3) is 0 Å². The normalized spacial score (nSPS) is 11.1. The Morgan fingerprint density at radius 3 is 2.76 bits per heavy atom. The quantitative estimate of drug-likeness (QED) is 0.496. The molecule has 0 aromatic heterocycles. The van der Waals surface area contributed by atoms with E-state index in [0.29, 0.717) is 17.0 Å². The molecule has 4 nitrogen and oxygen atoms in total. The van der Waals surface area contributed by atoms with Gasteiger partial charge in [0.2, 0.25) is 10.0 Å². The molecule has 6 heteroatoms. The minimum atomic E-state index is -3.59. The van der Waals surface area contributed by atoms with Crippen LogP contribution in [0.3, 0.4) is 0 Å². The molecule has 0 aliphatic rings. The number of rotatable bonds is 4. The molecule has 0 atom stereocenters. The van der Waals surface area contributed by atoms with Gasteiger partial charge >= 0.3 is 0 Å². The highest BCUT2D eigenvalue weighted by atomic mass is 35.5. The summed E-state index contributed by atoms with van der Waals surface area (Å²) in [5.41, 5.74) is 6.35. The van der Waals surface area contributed by atoms with Gasteiger partial charge in [0, 0.05) is 13.0 Å². The smallest absolute Gasteiger partial charge is 0.240 e. The number of terminal acetylenes is 1. The van der Waals surface area contributed by atoms with Gasteiger partial charge in [-0.15, -0.1) is 12.3 Å². The Balaban J connectivity index is 3.08. The van der Waals surface area contributed by atoms with E-state index < -0.39 is 10.0 Å². The summed E-state index contributed by atoms with van der Waals surface area (Å²) in [5, 5.41) is 0.338. The summed E-state index contributed by atoms with van der Waals surface area (Å²) in [4.78, 5) is 0.122. The fourth-order valence-corrected chi connectivity index (χ4v) is 2.80. The van der Waals surface area contributed by atoms with Crippen molar-refractivity contribution in [3.63, 3.8) is 0 Å². The molecular weight excluding hydrogens is 260 g/mol. The largest absolute Gasteiger partial charge is 0.397 e. The van der Waals surface area contributed by atoms with Crippen molar-refractivity contribution in [2.24, 2.45) is 0 Å². The molecule has 0 amide bonds. The molecule has 0 bridgehead atoms. The Labute approximate surface area is 106 Å². The van der Waals surface area contributed by atoms with Gasteiger partial charge in [-0.2, -0.15) is 0 Å². The number of benzene rings is 1. The van der Waals surface area contributed by atoms with E-state index in [1.807, 2.05) is 0 Å². The molecule has 0 aliphatic heterocycles. The molecule has 1 rings (SSSR count). The van der Waals surface area contributed by atoms with E-state index in [-0.39, 0.29) is 17.1 Å². The first-order chi connectivity index (χ1) is 7.88. The van der Waals surface area contributed by atoms with E-state index in [0.717, 1.165) is 0 Å². The predicted octanol–water partition coefficient (Wildman–Crippen LogP) is 1.53. The van der Waals surface area contributed by atoms with E-state index in [1.165, 1.54) is 12.1 Å². The van der Waals surface area contributed by atoms with Crippen molar-refractivity contribution in [3.8, 4) is 12.3 Å². The van der Waals surface area contributed by atoms with Gasteiger partial charge in [0.15, 0.2) is 0 Å². The number of nitrogen functional groups attached to an aromatic ring is 1. The molecule has 92 valence electrons. The maximum atomic E-state index is 11.9. The van der Waals surface area contributed by atoms with E-state index in [2.05, 4.69) is 10.6 Å². The number of hydrogen-bond acceptors (Lipinski definition) is 3. The SMILES string of the molecule is C#CCCNS(=O)(=O)c1cc(N)c(Cl)cc1C. The lowest BCUT2D eigenvalue weighted by atomic mass is 10.2.